The quantitative estimate of drug-likeness (QED) is 0.730. The number of urea groups is 1. The molecular formula is C17H20ClN3O3. The minimum absolute atomic E-state index is 0.127. The number of carbonyl (C=O) groups excluding carboxylic acids is 3. The molecule has 0 radical (unpaired) electrons. The van der Waals surface area contributed by atoms with E-state index in [9.17, 15) is 14.4 Å². The fraction of sp³-hybridized carbons (Fsp3) is 0.471. The van der Waals surface area contributed by atoms with Gasteiger partial charge in [0, 0.05) is 12.5 Å². The molecule has 0 bridgehead atoms. The molecule has 1 saturated carbocycles. The van der Waals surface area contributed by atoms with Crippen LogP contribution in [0.3, 0.4) is 0 Å². The fourth-order valence-corrected chi connectivity index (χ4v) is 3.89. The zero-order valence-corrected chi connectivity index (χ0v) is 14.4. The Bertz CT molecular complexity index is 734. The summed E-state index contributed by atoms with van der Waals surface area (Å²) in [7, 11) is 0. The molecule has 0 aromatic heterocycles. The van der Waals surface area contributed by atoms with Gasteiger partial charge in [0.15, 0.2) is 0 Å². The van der Waals surface area contributed by atoms with Crippen molar-refractivity contribution in [3.8, 4) is 0 Å². The lowest BCUT2D eigenvalue weighted by Gasteiger charge is -2.28. The highest BCUT2D eigenvalue weighted by atomic mass is 35.5. The van der Waals surface area contributed by atoms with Crippen LogP contribution in [0.15, 0.2) is 12.1 Å². The van der Waals surface area contributed by atoms with Gasteiger partial charge in [-0.15, -0.1) is 0 Å². The van der Waals surface area contributed by atoms with Crippen LogP contribution in [0.5, 0.6) is 0 Å². The first-order valence-corrected chi connectivity index (χ1v) is 8.40. The fourth-order valence-electron chi connectivity index (χ4n) is 3.59. The molecular weight excluding hydrogens is 330 g/mol. The van der Waals surface area contributed by atoms with E-state index in [0.29, 0.717) is 23.6 Å². The molecule has 24 heavy (non-hydrogen) atoms. The predicted molar refractivity (Wildman–Crippen MR) is 90.0 cm³/mol. The molecule has 7 heteroatoms. The number of aryl methyl sites for hydroxylation is 2. The van der Waals surface area contributed by atoms with E-state index in [1.54, 1.807) is 12.1 Å². The zero-order chi connectivity index (χ0) is 17.5. The van der Waals surface area contributed by atoms with Gasteiger partial charge >= 0.3 is 6.03 Å². The minimum Gasteiger partial charge on any atom is -0.352 e. The third kappa shape index (κ3) is 2.75. The number of hydrogen-bond donors (Lipinski definition) is 3. The van der Waals surface area contributed by atoms with Crippen molar-refractivity contribution in [2.45, 2.75) is 38.6 Å². The number of amides is 4. The molecule has 2 aliphatic rings. The number of nitrogens with one attached hydrogen (secondary N) is 3. The molecule has 2 fully saturated rings. The first kappa shape index (κ1) is 16.8. The summed E-state index contributed by atoms with van der Waals surface area (Å²) in [5.74, 6) is -0.693. The van der Waals surface area contributed by atoms with Crippen LogP contribution in [-0.2, 0) is 4.79 Å². The molecule has 1 aliphatic carbocycles. The van der Waals surface area contributed by atoms with E-state index in [4.69, 9.17) is 11.6 Å². The van der Waals surface area contributed by atoms with Gasteiger partial charge in [-0.2, -0.15) is 0 Å². The number of imide groups is 1. The second-order valence-electron chi connectivity index (χ2n) is 6.60. The lowest BCUT2D eigenvalue weighted by molar-refractivity contribution is -0.125. The van der Waals surface area contributed by atoms with E-state index in [-0.39, 0.29) is 17.7 Å². The second kappa shape index (κ2) is 6.09. The van der Waals surface area contributed by atoms with Gasteiger partial charge in [-0.05, 0) is 49.9 Å². The number of hydrogen-bond acceptors (Lipinski definition) is 3. The van der Waals surface area contributed by atoms with E-state index in [0.717, 1.165) is 24.0 Å². The highest BCUT2D eigenvalue weighted by molar-refractivity contribution is 6.34. The van der Waals surface area contributed by atoms with Gasteiger partial charge in [-0.1, -0.05) is 18.0 Å². The molecule has 4 amide bonds. The maximum Gasteiger partial charge on any atom is 0.322 e. The van der Waals surface area contributed by atoms with Crippen molar-refractivity contribution in [1.82, 2.24) is 16.0 Å². The highest BCUT2D eigenvalue weighted by Gasteiger charge is 2.54. The van der Waals surface area contributed by atoms with Crippen molar-refractivity contribution in [2.75, 3.05) is 6.54 Å². The third-order valence-electron chi connectivity index (χ3n) is 5.13. The van der Waals surface area contributed by atoms with Crippen LogP contribution in [-0.4, -0.2) is 29.9 Å². The SMILES string of the molecule is Cc1cc(Cl)c(C(=O)NC[C@@H]2CCC[C@@]23NC(=O)NC3=O)cc1C. The van der Waals surface area contributed by atoms with Gasteiger partial charge in [0.1, 0.15) is 5.54 Å². The third-order valence-corrected chi connectivity index (χ3v) is 5.44. The number of halogens is 1. The average molecular weight is 350 g/mol. The van der Waals surface area contributed by atoms with Crippen molar-refractivity contribution in [3.63, 3.8) is 0 Å². The summed E-state index contributed by atoms with van der Waals surface area (Å²) >= 11 is 6.17. The Morgan fingerprint density at radius 2 is 2.04 bits per heavy atom. The smallest absolute Gasteiger partial charge is 0.322 e. The second-order valence-corrected chi connectivity index (χ2v) is 7.00. The summed E-state index contributed by atoms with van der Waals surface area (Å²) in [4.78, 5) is 36.1. The van der Waals surface area contributed by atoms with Crippen molar-refractivity contribution >= 4 is 29.4 Å². The number of carbonyl (C=O) groups is 3. The first-order chi connectivity index (χ1) is 11.3. The van der Waals surface area contributed by atoms with E-state index in [1.165, 1.54) is 0 Å². The Labute approximate surface area is 145 Å². The largest absolute Gasteiger partial charge is 0.352 e. The van der Waals surface area contributed by atoms with E-state index < -0.39 is 11.6 Å². The molecule has 2 atom stereocenters. The molecule has 3 rings (SSSR count). The zero-order valence-electron chi connectivity index (χ0n) is 13.7. The standard InChI is InChI=1S/C17H20ClN3O3/c1-9-6-12(13(18)7-10(9)2)14(22)19-8-11-4-3-5-17(11)15(23)20-16(24)21-17/h6-7,11H,3-5,8H2,1-2H3,(H,19,22)(H2,20,21,23,24)/t11-,17+/m0/s1. The summed E-state index contributed by atoms with van der Waals surface area (Å²) in [6, 6.07) is 3.07. The maximum absolute atomic E-state index is 12.5. The molecule has 1 heterocycles. The van der Waals surface area contributed by atoms with Crippen LogP contribution in [0.2, 0.25) is 5.02 Å². The van der Waals surface area contributed by atoms with Crippen LogP contribution in [0.4, 0.5) is 4.79 Å². The highest BCUT2D eigenvalue weighted by Crippen LogP contribution is 2.37. The first-order valence-electron chi connectivity index (χ1n) is 8.02. The summed E-state index contributed by atoms with van der Waals surface area (Å²) < 4.78 is 0. The van der Waals surface area contributed by atoms with Crippen molar-refractivity contribution in [1.29, 1.82) is 0 Å². The van der Waals surface area contributed by atoms with Gasteiger partial charge in [-0.25, -0.2) is 4.79 Å². The summed E-state index contributed by atoms with van der Waals surface area (Å²) in [5.41, 5.74) is 1.55. The van der Waals surface area contributed by atoms with Gasteiger partial charge < -0.3 is 10.6 Å². The molecule has 6 nitrogen and oxygen atoms in total. The molecule has 1 aromatic rings. The lowest BCUT2D eigenvalue weighted by Crippen LogP contribution is -2.53. The van der Waals surface area contributed by atoms with Crippen LogP contribution < -0.4 is 16.0 Å². The molecule has 1 spiro atoms. The van der Waals surface area contributed by atoms with E-state index in [1.807, 2.05) is 13.8 Å². The van der Waals surface area contributed by atoms with Gasteiger partial charge in [0.25, 0.3) is 11.8 Å². The van der Waals surface area contributed by atoms with Crippen molar-refractivity contribution < 1.29 is 14.4 Å². The molecule has 128 valence electrons. The Kier molecular flexibility index (Phi) is 4.25. The molecule has 1 aliphatic heterocycles. The van der Waals surface area contributed by atoms with Gasteiger partial charge in [0.05, 0.1) is 10.6 Å². The minimum atomic E-state index is -0.892. The average Bonchev–Trinajstić information content (AvgIpc) is 3.04. The number of rotatable bonds is 3. The lowest BCUT2D eigenvalue weighted by atomic mass is 9.87. The summed E-state index contributed by atoms with van der Waals surface area (Å²) in [6.45, 7) is 4.18. The van der Waals surface area contributed by atoms with Gasteiger partial charge in [0.2, 0.25) is 0 Å². The van der Waals surface area contributed by atoms with Crippen LogP contribution in [0.25, 0.3) is 0 Å². The Hall–Kier alpha value is -2.08. The van der Waals surface area contributed by atoms with Crippen molar-refractivity contribution in [2.24, 2.45) is 5.92 Å². The molecule has 1 aromatic carbocycles. The van der Waals surface area contributed by atoms with E-state index in [2.05, 4.69) is 16.0 Å². The maximum atomic E-state index is 12.5. The predicted octanol–water partition coefficient (Wildman–Crippen LogP) is 2.06. The number of benzene rings is 1. The Balaban J connectivity index is 1.72. The van der Waals surface area contributed by atoms with Crippen molar-refractivity contribution in [3.05, 3.63) is 33.8 Å². The van der Waals surface area contributed by atoms with Gasteiger partial charge in [-0.3, -0.25) is 14.9 Å². The van der Waals surface area contributed by atoms with Crippen LogP contribution in [0.1, 0.15) is 40.7 Å². The van der Waals surface area contributed by atoms with Crippen LogP contribution >= 0.6 is 11.6 Å². The molecule has 0 unspecified atom stereocenters. The Morgan fingerprint density at radius 3 is 2.71 bits per heavy atom. The molecule has 1 saturated heterocycles. The topological polar surface area (TPSA) is 87.3 Å². The normalized spacial score (nSPS) is 25.7. The van der Waals surface area contributed by atoms with Crippen LogP contribution in [0, 0.1) is 19.8 Å². The van der Waals surface area contributed by atoms with E-state index >= 15 is 0 Å². The molecule has 3 N–H and O–H groups in total. The monoisotopic (exact) mass is 349 g/mol. The Morgan fingerprint density at radius 1 is 1.33 bits per heavy atom. The summed E-state index contributed by atoms with van der Waals surface area (Å²) in [6.07, 6.45) is 2.20. The summed E-state index contributed by atoms with van der Waals surface area (Å²) in [5, 5.41) is 8.31.